The number of carbonyl (C=O) groups excluding carboxylic acids is 1. The Hall–Kier alpha value is -2.07. The minimum atomic E-state index is -4.54. The van der Waals surface area contributed by atoms with E-state index in [4.69, 9.17) is 0 Å². The monoisotopic (exact) mass is 450 g/mol. The van der Waals surface area contributed by atoms with Gasteiger partial charge in [-0.05, 0) is 42.5 Å². The molecule has 0 aliphatic carbocycles. The molecule has 2 aromatic rings. The normalized spacial score (nSPS) is 11.9. The molecule has 26 heavy (non-hydrogen) atoms. The van der Waals surface area contributed by atoms with Gasteiger partial charge in [0.2, 0.25) is 15.9 Å². The van der Waals surface area contributed by atoms with Crippen LogP contribution in [0.1, 0.15) is 5.56 Å². The topological polar surface area (TPSA) is 66.5 Å². The molecule has 0 fully saturated rings. The van der Waals surface area contributed by atoms with Crippen LogP contribution in [-0.4, -0.2) is 27.1 Å². The van der Waals surface area contributed by atoms with E-state index in [0.29, 0.717) is 0 Å². The van der Waals surface area contributed by atoms with Crippen LogP contribution in [0, 0.1) is 0 Å². The van der Waals surface area contributed by atoms with Crippen LogP contribution in [0.2, 0.25) is 0 Å². The second-order valence-corrected chi connectivity index (χ2v) is 8.20. The number of hydrogen-bond acceptors (Lipinski definition) is 3. The molecule has 5 nitrogen and oxygen atoms in total. The fourth-order valence-electron chi connectivity index (χ4n) is 2.11. The summed E-state index contributed by atoms with van der Waals surface area (Å²) in [5.41, 5.74) is -0.729. The fourth-order valence-corrected chi connectivity index (χ4v) is 3.23. The maximum absolute atomic E-state index is 12.7. The third kappa shape index (κ3) is 5.46. The molecular formula is C16H14BrF3N2O3S. The molecule has 10 heteroatoms. The number of amides is 1. The Morgan fingerprint density at radius 3 is 2.31 bits per heavy atom. The molecule has 1 N–H and O–H groups in total. The Morgan fingerprint density at radius 1 is 1.15 bits per heavy atom. The van der Waals surface area contributed by atoms with E-state index in [1.807, 2.05) is 0 Å². The SMILES string of the molecule is CS(=O)(=O)N(CC(=O)Nc1cccc(C(F)(F)F)c1)c1ccc(Br)cc1. The summed E-state index contributed by atoms with van der Waals surface area (Å²) < 4.78 is 63.7. The van der Waals surface area contributed by atoms with Gasteiger partial charge in [-0.3, -0.25) is 9.10 Å². The molecule has 0 spiro atoms. The van der Waals surface area contributed by atoms with Crippen LogP contribution in [0.5, 0.6) is 0 Å². The molecule has 0 saturated carbocycles. The highest BCUT2D eigenvalue weighted by Crippen LogP contribution is 2.30. The van der Waals surface area contributed by atoms with E-state index in [0.717, 1.165) is 33.2 Å². The molecule has 2 aromatic carbocycles. The van der Waals surface area contributed by atoms with Gasteiger partial charge >= 0.3 is 6.18 Å². The molecular weight excluding hydrogens is 437 g/mol. The van der Waals surface area contributed by atoms with Crippen molar-refractivity contribution in [2.24, 2.45) is 0 Å². The molecule has 0 aliphatic heterocycles. The zero-order valence-corrected chi connectivity index (χ0v) is 15.8. The van der Waals surface area contributed by atoms with Gasteiger partial charge in [-0.1, -0.05) is 22.0 Å². The third-order valence-corrected chi connectivity index (χ3v) is 4.95. The molecule has 0 radical (unpaired) electrons. The highest BCUT2D eigenvalue weighted by Gasteiger charge is 2.30. The number of rotatable bonds is 5. The lowest BCUT2D eigenvalue weighted by molar-refractivity contribution is -0.137. The van der Waals surface area contributed by atoms with Gasteiger partial charge in [-0.25, -0.2) is 8.42 Å². The summed E-state index contributed by atoms with van der Waals surface area (Å²) in [5.74, 6) is -0.766. The third-order valence-electron chi connectivity index (χ3n) is 3.28. The van der Waals surface area contributed by atoms with Gasteiger partial charge in [0.15, 0.2) is 0 Å². The van der Waals surface area contributed by atoms with Gasteiger partial charge in [0.25, 0.3) is 0 Å². The minimum absolute atomic E-state index is 0.0749. The van der Waals surface area contributed by atoms with Crippen molar-refractivity contribution < 1.29 is 26.4 Å². The van der Waals surface area contributed by atoms with E-state index in [1.165, 1.54) is 18.2 Å². The van der Waals surface area contributed by atoms with Crippen LogP contribution in [-0.2, 0) is 21.0 Å². The minimum Gasteiger partial charge on any atom is -0.325 e. The van der Waals surface area contributed by atoms with Gasteiger partial charge in [0, 0.05) is 10.2 Å². The van der Waals surface area contributed by atoms with E-state index in [-0.39, 0.29) is 11.4 Å². The van der Waals surface area contributed by atoms with Gasteiger partial charge in [0.1, 0.15) is 6.54 Å². The second-order valence-electron chi connectivity index (χ2n) is 5.37. The first-order valence-corrected chi connectivity index (χ1v) is 9.81. The number of alkyl halides is 3. The van der Waals surface area contributed by atoms with E-state index in [1.54, 1.807) is 12.1 Å². The lowest BCUT2D eigenvalue weighted by Crippen LogP contribution is -2.37. The van der Waals surface area contributed by atoms with Crippen molar-refractivity contribution in [2.75, 3.05) is 22.4 Å². The summed E-state index contributed by atoms with van der Waals surface area (Å²) in [6.07, 6.45) is -3.61. The molecule has 0 bridgehead atoms. The van der Waals surface area contributed by atoms with Gasteiger partial charge in [0.05, 0.1) is 17.5 Å². The lowest BCUT2D eigenvalue weighted by atomic mass is 10.2. The Morgan fingerprint density at radius 2 is 1.77 bits per heavy atom. The number of nitrogens with zero attached hydrogens (tertiary/aromatic N) is 1. The quantitative estimate of drug-likeness (QED) is 0.751. The van der Waals surface area contributed by atoms with Crippen LogP contribution in [0.25, 0.3) is 0 Å². The van der Waals surface area contributed by atoms with Crippen molar-refractivity contribution in [2.45, 2.75) is 6.18 Å². The Labute approximate surface area is 157 Å². The van der Waals surface area contributed by atoms with Crippen molar-refractivity contribution in [1.29, 1.82) is 0 Å². The molecule has 0 unspecified atom stereocenters. The molecule has 0 atom stereocenters. The number of carbonyl (C=O) groups is 1. The molecule has 2 rings (SSSR count). The standard InChI is InChI=1S/C16H14BrF3N2O3S/c1-26(24,25)22(14-7-5-12(17)6-8-14)10-15(23)21-13-4-2-3-11(9-13)16(18,19)20/h2-9H,10H2,1H3,(H,21,23). The average Bonchev–Trinajstić information content (AvgIpc) is 2.52. The largest absolute Gasteiger partial charge is 0.416 e. The van der Waals surface area contributed by atoms with Crippen LogP contribution in [0.4, 0.5) is 24.5 Å². The first kappa shape index (κ1) is 20.2. The summed E-state index contributed by atoms with van der Waals surface area (Å²) in [4.78, 5) is 12.2. The van der Waals surface area contributed by atoms with Crippen molar-refractivity contribution >= 4 is 43.2 Å². The van der Waals surface area contributed by atoms with Crippen molar-refractivity contribution in [3.63, 3.8) is 0 Å². The number of hydrogen-bond donors (Lipinski definition) is 1. The van der Waals surface area contributed by atoms with E-state index in [2.05, 4.69) is 21.2 Å². The predicted octanol–water partition coefficient (Wildman–Crippen LogP) is 3.87. The fraction of sp³-hybridized carbons (Fsp3) is 0.188. The summed E-state index contributed by atoms with van der Waals surface area (Å²) in [6.45, 7) is -0.573. The van der Waals surface area contributed by atoms with Crippen LogP contribution < -0.4 is 9.62 Å². The summed E-state index contributed by atoms with van der Waals surface area (Å²) in [7, 11) is -3.77. The molecule has 0 aromatic heterocycles. The van der Waals surface area contributed by atoms with Crippen LogP contribution in [0.15, 0.2) is 53.0 Å². The Bertz CT molecular complexity index is 900. The van der Waals surface area contributed by atoms with Crippen LogP contribution in [0.3, 0.4) is 0 Å². The van der Waals surface area contributed by atoms with E-state index >= 15 is 0 Å². The number of benzene rings is 2. The summed E-state index contributed by atoms with van der Waals surface area (Å²) >= 11 is 3.22. The van der Waals surface area contributed by atoms with Crippen LogP contribution >= 0.6 is 15.9 Å². The molecule has 140 valence electrons. The van der Waals surface area contributed by atoms with Gasteiger partial charge in [-0.15, -0.1) is 0 Å². The Kier molecular flexibility index (Phi) is 5.97. The zero-order chi connectivity index (χ0) is 19.5. The van der Waals surface area contributed by atoms with Gasteiger partial charge < -0.3 is 5.32 Å². The summed E-state index contributed by atoms with van der Waals surface area (Å²) in [6, 6.07) is 10.3. The smallest absolute Gasteiger partial charge is 0.325 e. The first-order chi connectivity index (χ1) is 12.0. The molecule has 0 heterocycles. The number of sulfonamides is 1. The van der Waals surface area contributed by atoms with Gasteiger partial charge in [-0.2, -0.15) is 13.2 Å². The highest BCUT2D eigenvalue weighted by atomic mass is 79.9. The molecule has 1 amide bonds. The predicted molar refractivity (Wildman–Crippen MR) is 96.4 cm³/mol. The molecule has 0 aliphatic rings. The maximum atomic E-state index is 12.7. The zero-order valence-electron chi connectivity index (χ0n) is 13.4. The van der Waals surface area contributed by atoms with E-state index in [9.17, 15) is 26.4 Å². The Balaban J connectivity index is 2.19. The highest BCUT2D eigenvalue weighted by molar-refractivity contribution is 9.10. The second kappa shape index (κ2) is 7.67. The first-order valence-electron chi connectivity index (χ1n) is 7.17. The van der Waals surface area contributed by atoms with Crippen molar-refractivity contribution in [1.82, 2.24) is 0 Å². The number of halogens is 4. The van der Waals surface area contributed by atoms with Crippen molar-refractivity contribution in [3.8, 4) is 0 Å². The number of nitrogens with one attached hydrogen (secondary N) is 1. The number of anilines is 2. The maximum Gasteiger partial charge on any atom is 0.416 e. The van der Waals surface area contributed by atoms with Crippen molar-refractivity contribution in [3.05, 3.63) is 58.6 Å². The lowest BCUT2D eigenvalue weighted by Gasteiger charge is -2.22. The summed E-state index contributed by atoms with van der Waals surface area (Å²) in [5, 5.41) is 2.28. The average molecular weight is 451 g/mol. The molecule has 0 saturated heterocycles. The van der Waals surface area contributed by atoms with E-state index < -0.39 is 34.2 Å².